The molecule has 6 nitrogen and oxygen atoms in total. The Morgan fingerprint density at radius 3 is 2.50 bits per heavy atom. The lowest BCUT2D eigenvalue weighted by Crippen LogP contribution is -2.37. The van der Waals surface area contributed by atoms with Crippen LogP contribution in [0.2, 0.25) is 0 Å². The first-order valence-corrected chi connectivity index (χ1v) is 8.01. The highest BCUT2D eigenvalue weighted by Crippen LogP contribution is 2.20. The molecule has 2 N–H and O–H groups in total. The summed E-state index contributed by atoms with van der Waals surface area (Å²) in [4.78, 5) is 23.1. The molecule has 0 radical (unpaired) electrons. The maximum absolute atomic E-state index is 12.9. The summed E-state index contributed by atoms with van der Waals surface area (Å²) >= 11 is 0. The lowest BCUT2D eigenvalue weighted by atomic mass is 10.1. The second-order valence-electron chi connectivity index (χ2n) is 5.59. The van der Waals surface area contributed by atoms with E-state index in [0.29, 0.717) is 24.5 Å². The van der Waals surface area contributed by atoms with Crippen molar-refractivity contribution in [3.8, 4) is 11.5 Å². The summed E-state index contributed by atoms with van der Waals surface area (Å²) in [6, 6.07) is 10.0. The minimum atomic E-state index is -1.03. The van der Waals surface area contributed by atoms with Gasteiger partial charge in [0.15, 0.2) is 6.10 Å². The average molecular weight is 361 g/mol. The van der Waals surface area contributed by atoms with Crippen molar-refractivity contribution in [1.29, 1.82) is 0 Å². The number of methoxy groups -OCH3 is 1. The summed E-state index contributed by atoms with van der Waals surface area (Å²) in [5.74, 6) is -0.863. The first-order chi connectivity index (χ1) is 12.4. The van der Waals surface area contributed by atoms with Gasteiger partial charge in [-0.3, -0.25) is 4.79 Å². The zero-order chi connectivity index (χ0) is 19.1. The van der Waals surface area contributed by atoms with Gasteiger partial charge < -0.3 is 19.9 Å². The number of aromatic carboxylic acids is 1. The van der Waals surface area contributed by atoms with Crippen LogP contribution in [-0.2, 0) is 11.2 Å². The van der Waals surface area contributed by atoms with Crippen LogP contribution in [0.15, 0.2) is 42.5 Å². The van der Waals surface area contributed by atoms with Gasteiger partial charge in [0.25, 0.3) is 5.91 Å². The van der Waals surface area contributed by atoms with E-state index < -0.39 is 12.1 Å². The van der Waals surface area contributed by atoms with Crippen molar-refractivity contribution < 1.29 is 28.6 Å². The van der Waals surface area contributed by atoms with E-state index in [9.17, 15) is 14.0 Å². The number of rotatable bonds is 8. The molecule has 0 spiro atoms. The van der Waals surface area contributed by atoms with E-state index in [4.69, 9.17) is 14.6 Å². The van der Waals surface area contributed by atoms with Crippen LogP contribution in [0.3, 0.4) is 0 Å². The van der Waals surface area contributed by atoms with Crippen LogP contribution < -0.4 is 14.8 Å². The smallest absolute Gasteiger partial charge is 0.335 e. The van der Waals surface area contributed by atoms with E-state index in [2.05, 4.69) is 5.32 Å². The summed E-state index contributed by atoms with van der Waals surface area (Å²) in [5, 5.41) is 11.7. The number of ether oxygens (including phenoxy) is 2. The number of carboxylic acids is 1. The Morgan fingerprint density at radius 1 is 1.19 bits per heavy atom. The number of hydrogen-bond donors (Lipinski definition) is 2. The number of carboxylic acid groups (broad SMARTS) is 1. The number of hydrogen-bond acceptors (Lipinski definition) is 4. The molecule has 7 heteroatoms. The van der Waals surface area contributed by atoms with Crippen molar-refractivity contribution in [2.24, 2.45) is 0 Å². The van der Waals surface area contributed by atoms with Gasteiger partial charge >= 0.3 is 5.97 Å². The third-order valence-corrected chi connectivity index (χ3v) is 3.72. The second-order valence-corrected chi connectivity index (χ2v) is 5.59. The number of benzene rings is 2. The molecule has 0 saturated carbocycles. The Balaban J connectivity index is 1.87. The van der Waals surface area contributed by atoms with Crippen LogP contribution >= 0.6 is 0 Å². The van der Waals surface area contributed by atoms with Gasteiger partial charge in [0, 0.05) is 6.54 Å². The molecule has 0 saturated heterocycles. The Bertz CT molecular complexity index is 776. The summed E-state index contributed by atoms with van der Waals surface area (Å²) in [6.45, 7) is 1.93. The van der Waals surface area contributed by atoms with Crippen molar-refractivity contribution >= 4 is 11.9 Å². The van der Waals surface area contributed by atoms with Crippen molar-refractivity contribution in [1.82, 2.24) is 5.32 Å². The lowest BCUT2D eigenvalue weighted by molar-refractivity contribution is -0.127. The predicted octanol–water partition coefficient (Wildman–Crippen LogP) is 2.66. The quantitative estimate of drug-likeness (QED) is 0.755. The first-order valence-electron chi connectivity index (χ1n) is 8.01. The van der Waals surface area contributed by atoms with Crippen molar-refractivity contribution in [3.05, 3.63) is 59.4 Å². The van der Waals surface area contributed by atoms with Gasteiger partial charge in [0.1, 0.15) is 17.3 Å². The molecule has 2 aromatic carbocycles. The maximum Gasteiger partial charge on any atom is 0.335 e. The summed E-state index contributed by atoms with van der Waals surface area (Å²) < 4.78 is 23.5. The summed E-state index contributed by atoms with van der Waals surface area (Å²) in [6.07, 6.45) is -0.269. The molecule has 0 fully saturated rings. The van der Waals surface area contributed by atoms with Crippen LogP contribution in [0.25, 0.3) is 0 Å². The summed E-state index contributed by atoms with van der Waals surface area (Å²) in [5.41, 5.74) is 0.917. The molecule has 0 aliphatic carbocycles. The third kappa shape index (κ3) is 5.20. The van der Waals surface area contributed by atoms with Gasteiger partial charge in [-0.25, -0.2) is 9.18 Å². The highest BCUT2D eigenvalue weighted by Gasteiger charge is 2.15. The Morgan fingerprint density at radius 2 is 1.88 bits per heavy atom. The van der Waals surface area contributed by atoms with E-state index >= 15 is 0 Å². The fraction of sp³-hybridized carbons (Fsp3) is 0.263. The van der Waals surface area contributed by atoms with Gasteiger partial charge in [-0.1, -0.05) is 6.07 Å². The number of nitrogens with one attached hydrogen (secondary N) is 1. The molecule has 0 heterocycles. The monoisotopic (exact) mass is 361 g/mol. The maximum atomic E-state index is 12.9. The molecule has 1 unspecified atom stereocenters. The van der Waals surface area contributed by atoms with Crippen LogP contribution in [-0.4, -0.2) is 36.7 Å². The van der Waals surface area contributed by atoms with Gasteiger partial charge in [0.05, 0.1) is 12.7 Å². The van der Waals surface area contributed by atoms with Gasteiger partial charge in [-0.05, 0) is 55.3 Å². The van der Waals surface area contributed by atoms with E-state index in [-0.39, 0.29) is 17.3 Å². The van der Waals surface area contributed by atoms with Crippen LogP contribution in [0.4, 0.5) is 4.39 Å². The normalized spacial score (nSPS) is 11.5. The van der Waals surface area contributed by atoms with Crippen LogP contribution in [0.5, 0.6) is 11.5 Å². The topological polar surface area (TPSA) is 84.9 Å². The second kappa shape index (κ2) is 8.84. The van der Waals surface area contributed by atoms with Gasteiger partial charge in [-0.15, -0.1) is 0 Å². The molecule has 0 aliphatic heterocycles. The standard InChI is InChI=1S/C19H20FNO5/c1-12(26-16-7-5-15(20)6-8-16)18(22)21-10-9-13-3-4-14(19(23)24)11-17(13)25-2/h3-8,11-12H,9-10H2,1-2H3,(H,21,22)(H,23,24). The minimum Gasteiger partial charge on any atom is -0.496 e. The highest BCUT2D eigenvalue weighted by molar-refractivity contribution is 5.88. The molecular weight excluding hydrogens is 341 g/mol. The fourth-order valence-corrected chi connectivity index (χ4v) is 2.32. The Kier molecular flexibility index (Phi) is 6.54. The summed E-state index contributed by atoms with van der Waals surface area (Å²) in [7, 11) is 1.46. The molecule has 2 rings (SSSR count). The number of amides is 1. The molecule has 138 valence electrons. The molecular formula is C19H20FNO5. The Labute approximate surface area is 150 Å². The van der Waals surface area contributed by atoms with Crippen molar-refractivity contribution in [3.63, 3.8) is 0 Å². The molecule has 0 aliphatic rings. The fourth-order valence-electron chi connectivity index (χ4n) is 2.32. The molecule has 0 aromatic heterocycles. The van der Waals surface area contributed by atoms with E-state index in [1.165, 1.54) is 43.5 Å². The zero-order valence-corrected chi connectivity index (χ0v) is 14.5. The number of carbonyl (C=O) groups excluding carboxylic acids is 1. The predicted molar refractivity (Wildman–Crippen MR) is 93.2 cm³/mol. The third-order valence-electron chi connectivity index (χ3n) is 3.72. The molecule has 26 heavy (non-hydrogen) atoms. The minimum absolute atomic E-state index is 0.135. The van der Waals surface area contributed by atoms with E-state index in [1.807, 2.05) is 0 Å². The zero-order valence-electron chi connectivity index (χ0n) is 14.5. The SMILES string of the molecule is COc1cc(C(=O)O)ccc1CCNC(=O)C(C)Oc1ccc(F)cc1. The first kappa shape index (κ1) is 19.2. The largest absolute Gasteiger partial charge is 0.496 e. The Hall–Kier alpha value is -3.09. The number of carbonyl (C=O) groups is 2. The van der Waals surface area contributed by atoms with Gasteiger partial charge in [-0.2, -0.15) is 0 Å². The number of halogens is 1. The molecule has 1 atom stereocenters. The van der Waals surface area contributed by atoms with Crippen molar-refractivity contribution in [2.45, 2.75) is 19.4 Å². The van der Waals surface area contributed by atoms with Gasteiger partial charge in [0.2, 0.25) is 0 Å². The van der Waals surface area contributed by atoms with Crippen LogP contribution in [0.1, 0.15) is 22.8 Å². The van der Waals surface area contributed by atoms with E-state index in [0.717, 1.165) is 5.56 Å². The average Bonchev–Trinajstić information content (AvgIpc) is 2.63. The molecule has 0 bridgehead atoms. The van der Waals surface area contributed by atoms with Crippen molar-refractivity contribution in [2.75, 3.05) is 13.7 Å². The van der Waals surface area contributed by atoms with E-state index in [1.54, 1.807) is 13.0 Å². The highest BCUT2D eigenvalue weighted by atomic mass is 19.1. The molecule has 1 amide bonds. The lowest BCUT2D eigenvalue weighted by Gasteiger charge is -2.15. The van der Waals surface area contributed by atoms with Crippen LogP contribution in [0, 0.1) is 5.82 Å². The molecule has 2 aromatic rings.